The lowest BCUT2D eigenvalue weighted by Crippen LogP contribution is -2.39. The number of fused-ring (bicyclic) bond motifs is 3. The third-order valence-corrected chi connectivity index (χ3v) is 3.72. The van der Waals surface area contributed by atoms with Crippen LogP contribution in [-0.4, -0.2) is 32.2 Å². The molecule has 5 nitrogen and oxygen atoms in total. The highest BCUT2D eigenvalue weighted by Gasteiger charge is 2.27. The molecule has 6 heteroatoms. The predicted octanol–water partition coefficient (Wildman–Crippen LogP) is 2.85. The Balaban J connectivity index is 2.16. The third-order valence-electron chi connectivity index (χ3n) is 3.28. The van der Waals surface area contributed by atoms with E-state index in [4.69, 9.17) is 5.11 Å². The number of rotatable bonds is 0. The average molecular weight is 310 g/mol. The largest absolute Gasteiger partial charge is 0.465 e. The monoisotopic (exact) mass is 309 g/mol. The van der Waals surface area contributed by atoms with E-state index in [1.807, 2.05) is 25.1 Å². The minimum atomic E-state index is -0.868. The summed E-state index contributed by atoms with van der Waals surface area (Å²) in [6.07, 6.45) is -0.868. The first-order valence-corrected chi connectivity index (χ1v) is 6.50. The summed E-state index contributed by atoms with van der Waals surface area (Å²) in [7, 11) is 0. The van der Waals surface area contributed by atoms with E-state index in [9.17, 15) is 4.79 Å². The number of hydrogen-bond acceptors (Lipinski definition) is 2. The maximum atomic E-state index is 11.1. The number of halogens is 1. The summed E-state index contributed by atoms with van der Waals surface area (Å²) in [6, 6.07) is 6.01. The Labute approximate surface area is 112 Å². The van der Waals surface area contributed by atoms with Crippen LogP contribution < -0.4 is 0 Å². The van der Waals surface area contributed by atoms with Gasteiger partial charge in [0.05, 0.1) is 12.6 Å². The summed E-state index contributed by atoms with van der Waals surface area (Å²) in [5.74, 6) is 0. The molecule has 0 radical (unpaired) electrons. The van der Waals surface area contributed by atoms with Gasteiger partial charge in [0.1, 0.15) is 10.3 Å². The zero-order chi connectivity index (χ0) is 12.9. The standard InChI is InChI=1S/C12H12BrN3O2/c1-7-5-15(12(17)18)6-9-4-8-2-3-10(13)14-11(8)16(7)9/h2-4,7H,5-6H2,1H3,(H,17,18)/t7-/m1/s1. The van der Waals surface area contributed by atoms with Gasteiger partial charge in [-0.15, -0.1) is 0 Å². The van der Waals surface area contributed by atoms with Crippen molar-refractivity contribution in [3.8, 4) is 0 Å². The van der Waals surface area contributed by atoms with Gasteiger partial charge in [0.25, 0.3) is 0 Å². The van der Waals surface area contributed by atoms with Gasteiger partial charge in [-0.3, -0.25) is 0 Å². The smallest absolute Gasteiger partial charge is 0.407 e. The molecule has 1 atom stereocenters. The molecule has 0 aromatic carbocycles. The van der Waals surface area contributed by atoms with Gasteiger partial charge in [-0.05, 0) is 41.1 Å². The second kappa shape index (κ2) is 3.98. The van der Waals surface area contributed by atoms with Crippen molar-refractivity contribution in [2.24, 2.45) is 0 Å². The molecule has 1 amide bonds. The van der Waals surface area contributed by atoms with Gasteiger partial charge in [-0.2, -0.15) is 0 Å². The summed E-state index contributed by atoms with van der Waals surface area (Å²) in [4.78, 5) is 17.0. The molecular formula is C12H12BrN3O2. The molecule has 3 heterocycles. The number of carbonyl (C=O) groups is 1. The molecule has 18 heavy (non-hydrogen) atoms. The quantitative estimate of drug-likeness (QED) is 0.761. The number of hydrogen-bond donors (Lipinski definition) is 1. The molecule has 0 bridgehead atoms. The van der Waals surface area contributed by atoms with Crippen LogP contribution in [0.5, 0.6) is 0 Å². The molecule has 94 valence electrons. The van der Waals surface area contributed by atoms with Crippen molar-refractivity contribution in [3.63, 3.8) is 0 Å². The van der Waals surface area contributed by atoms with Crippen molar-refractivity contribution < 1.29 is 9.90 Å². The van der Waals surface area contributed by atoms with E-state index in [0.717, 1.165) is 21.3 Å². The Bertz CT molecular complexity index is 638. The van der Waals surface area contributed by atoms with Crippen molar-refractivity contribution in [1.29, 1.82) is 0 Å². The molecule has 2 aromatic rings. The normalized spacial score (nSPS) is 19.0. The van der Waals surface area contributed by atoms with Crippen LogP contribution in [0.3, 0.4) is 0 Å². The Hall–Kier alpha value is -1.56. The van der Waals surface area contributed by atoms with Crippen molar-refractivity contribution in [3.05, 3.63) is 28.5 Å². The Morgan fingerprint density at radius 3 is 3.06 bits per heavy atom. The number of nitrogens with zero attached hydrogens (tertiary/aromatic N) is 3. The van der Waals surface area contributed by atoms with Crippen LogP contribution in [0.2, 0.25) is 0 Å². The first kappa shape index (κ1) is 11.5. The first-order chi connectivity index (χ1) is 8.56. The van der Waals surface area contributed by atoms with Crippen LogP contribution in [0.25, 0.3) is 11.0 Å². The molecule has 0 saturated heterocycles. The second-order valence-corrected chi connectivity index (χ2v) is 5.38. The van der Waals surface area contributed by atoms with Crippen LogP contribution in [0, 0.1) is 0 Å². The van der Waals surface area contributed by atoms with Gasteiger partial charge < -0.3 is 14.6 Å². The molecular weight excluding hydrogens is 298 g/mol. The van der Waals surface area contributed by atoms with Gasteiger partial charge in [0, 0.05) is 17.6 Å². The molecule has 1 aliphatic rings. The molecule has 0 fully saturated rings. The van der Waals surface area contributed by atoms with Crippen molar-refractivity contribution in [2.45, 2.75) is 19.5 Å². The van der Waals surface area contributed by atoms with Gasteiger partial charge in [0.15, 0.2) is 0 Å². The van der Waals surface area contributed by atoms with Crippen molar-refractivity contribution in [1.82, 2.24) is 14.5 Å². The van der Waals surface area contributed by atoms with Gasteiger partial charge in [-0.25, -0.2) is 9.78 Å². The SMILES string of the molecule is C[C@@H]1CN(C(=O)O)Cc2cc3ccc(Br)nc3n21. The lowest BCUT2D eigenvalue weighted by molar-refractivity contribution is 0.125. The maximum Gasteiger partial charge on any atom is 0.407 e. The highest BCUT2D eigenvalue weighted by Crippen LogP contribution is 2.29. The highest BCUT2D eigenvalue weighted by atomic mass is 79.9. The van der Waals surface area contributed by atoms with Crippen molar-refractivity contribution in [2.75, 3.05) is 6.54 Å². The summed E-state index contributed by atoms with van der Waals surface area (Å²) in [5, 5.41) is 10.1. The number of carboxylic acid groups (broad SMARTS) is 1. The highest BCUT2D eigenvalue weighted by molar-refractivity contribution is 9.10. The molecule has 3 rings (SSSR count). The van der Waals surface area contributed by atoms with E-state index in [2.05, 4.69) is 25.5 Å². The van der Waals surface area contributed by atoms with Crippen LogP contribution in [0.1, 0.15) is 18.7 Å². The lowest BCUT2D eigenvalue weighted by atomic mass is 10.2. The second-order valence-electron chi connectivity index (χ2n) is 4.56. The number of amides is 1. The van der Waals surface area contributed by atoms with Crippen molar-refractivity contribution >= 4 is 33.1 Å². The van der Waals surface area contributed by atoms with Gasteiger partial charge in [0.2, 0.25) is 0 Å². The molecule has 0 spiro atoms. The summed E-state index contributed by atoms with van der Waals surface area (Å²) in [6.45, 7) is 2.94. The number of aromatic nitrogens is 2. The van der Waals surface area contributed by atoms with Gasteiger partial charge in [-0.1, -0.05) is 0 Å². The predicted molar refractivity (Wildman–Crippen MR) is 70.6 cm³/mol. The van der Waals surface area contributed by atoms with E-state index >= 15 is 0 Å². The van der Waals surface area contributed by atoms with Crippen LogP contribution >= 0.6 is 15.9 Å². The minimum Gasteiger partial charge on any atom is -0.465 e. The average Bonchev–Trinajstić information content (AvgIpc) is 2.66. The maximum absolute atomic E-state index is 11.1. The van der Waals surface area contributed by atoms with E-state index < -0.39 is 6.09 Å². The van der Waals surface area contributed by atoms with Crippen LogP contribution in [-0.2, 0) is 6.54 Å². The molecule has 1 N–H and O–H groups in total. The number of pyridine rings is 1. The zero-order valence-electron chi connectivity index (χ0n) is 9.80. The topological polar surface area (TPSA) is 58.4 Å². The van der Waals surface area contributed by atoms with E-state index in [1.165, 1.54) is 4.90 Å². The molecule has 0 saturated carbocycles. The zero-order valence-corrected chi connectivity index (χ0v) is 11.4. The summed E-state index contributed by atoms with van der Waals surface area (Å²) < 4.78 is 2.92. The fourth-order valence-corrected chi connectivity index (χ4v) is 2.85. The fourth-order valence-electron chi connectivity index (χ4n) is 2.55. The van der Waals surface area contributed by atoms with Crippen LogP contribution in [0.4, 0.5) is 4.79 Å². The summed E-state index contributed by atoms with van der Waals surface area (Å²) >= 11 is 3.37. The molecule has 1 aliphatic heterocycles. The molecule has 0 aliphatic carbocycles. The minimum absolute atomic E-state index is 0.101. The van der Waals surface area contributed by atoms with Crippen LogP contribution in [0.15, 0.2) is 22.8 Å². The Morgan fingerprint density at radius 1 is 1.56 bits per heavy atom. The van der Waals surface area contributed by atoms with E-state index in [0.29, 0.717) is 13.1 Å². The Morgan fingerprint density at radius 2 is 2.33 bits per heavy atom. The lowest BCUT2D eigenvalue weighted by Gasteiger charge is -2.31. The molecule has 0 unspecified atom stereocenters. The first-order valence-electron chi connectivity index (χ1n) is 5.70. The Kier molecular flexibility index (Phi) is 2.55. The van der Waals surface area contributed by atoms with E-state index in [1.54, 1.807) is 0 Å². The van der Waals surface area contributed by atoms with Gasteiger partial charge >= 0.3 is 6.09 Å². The van der Waals surface area contributed by atoms with E-state index in [-0.39, 0.29) is 6.04 Å². The third kappa shape index (κ3) is 1.68. The summed E-state index contributed by atoms with van der Waals surface area (Å²) in [5.41, 5.74) is 1.91. The molecule has 2 aromatic heterocycles. The fraction of sp³-hybridized carbons (Fsp3) is 0.333.